The molecule has 0 radical (unpaired) electrons. The van der Waals surface area contributed by atoms with E-state index >= 15 is 0 Å². The number of benzene rings is 1. The number of aliphatic carboxylic acids is 1. The number of hydrogen-bond donors (Lipinski definition) is 2. The fraction of sp³-hybridized carbons (Fsp3) is 0.429. The maximum Gasteiger partial charge on any atom is 0.416 e. The molecular weight excluding hydrogens is 303 g/mol. The van der Waals surface area contributed by atoms with Gasteiger partial charge in [-0.3, -0.25) is 4.79 Å². The van der Waals surface area contributed by atoms with Gasteiger partial charge < -0.3 is 15.2 Å². The van der Waals surface area contributed by atoms with Crippen LogP contribution in [0.25, 0.3) is 0 Å². The maximum atomic E-state index is 12.4. The van der Waals surface area contributed by atoms with Gasteiger partial charge >= 0.3 is 12.1 Å². The summed E-state index contributed by atoms with van der Waals surface area (Å²) < 4.78 is 42.1. The first-order chi connectivity index (χ1) is 10.1. The molecule has 1 aromatic carbocycles. The van der Waals surface area contributed by atoms with Crippen LogP contribution in [0.2, 0.25) is 0 Å². The number of ether oxygens (including phenoxy) is 1. The molecule has 22 heavy (non-hydrogen) atoms. The third-order valence-electron chi connectivity index (χ3n) is 2.80. The van der Waals surface area contributed by atoms with E-state index in [2.05, 4.69) is 5.32 Å². The fourth-order valence-electron chi connectivity index (χ4n) is 1.62. The second-order valence-electron chi connectivity index (χ2n) is 4.94. The third-order valence-corrected chi connectivity index (χ3v) is 2.80. The molecule has 1 amide bonds. The van der Waals surface area contributed by atoms with Crippen LogP contribution in [0.5, 0.6) is 5.75 Å². The summed E-state index contributed by atoms with van der Waals surface area (Å²) in [5, 5.41) is 11.2. The summed E-state index contributed by atoms with van der Waals surface area (Å²) in [4.78, 5) is 22.5. The zero-order chi connectivity index (χ0) is 16.9. The Bertz CT molecular complexity index is 526. The van der Waals surface area contributed by atoms with Crippen molar-refractivity contribution in [3.05, 3.63) is 29.8 Å². The first-order valence-electron chi connectivity index (χ1n) is 6.43. The maximum absolute atomic E-state index is 12.4. The number of carbonyl (C=O) groups excluding carboxylic acids is 1. The number of alkyl halides is 3. The average Bonchev–Trinajstić information content (AvgIpc) is 2.41. The number of carboxylic acids is 1. The molecule has 0 spiro atoms. The highest BCUT2D eigenvalue weighted by molar-refractivity contribution is 5.84. The predicted molar refractivity (Wildman–Crippen MR) is 71.3 cm³/mol. The van der Waals surface area contributed by atoms with Crippen molar-refractivity contribution in [1.82, 2.24) is 5.32 Å². The number of rotatable bonds is 6. The number of nitrogens with one attached hydrogen (secondary N) is 1. The van der Waals surface area contributed by atoms with Crippen molar-refractivity contribution >= 4 is 11.9 Å². The minimum Gasteiger partial charge on any atom is -0.484 e. The molecule has 0 unspecified atom stereocenters. The second kappa shape index (κ2) is 7.15. The summed E-state index contributed by atoms with van der Waals surface area (Å²) in [6.07, 6.45) is -4.44. The molecule has 2 N–H and O–H groups in total. The van der Waals surface area contributed by atoms with Gasteiger partial charge in [0.15, 0.2) is 6.61 Å². The summed E-state index contributed by atoms with van der Waals surface area (Å²) in [5.41, 5.74) is -0.824. The molecule has 0 bridgehead atoms. The number of carboxylic acid groups (broad SMARTS) is 1. The second-order valence-corrected chi connectivity index (χ2v) is 4.94. The lowest BCUT2D eigenvalue weighted by molar-refractivity contribution is -0.143. The summed E-state index contributed by atoms with van der Waals surface area (Å²) in [6, 6.07) is 2.80. The van der Waals surface area contributed by atoms with Crippen LogP contribution in [0.4, 0.5) is 13.2 Å². The van der Waals surface area contributed by atoms with E-state index in [4.69, 9.17) is 9.84 Å². The topological polar surface area (TPSA) is 75.6 Å². The third kappa shape index (κ3) is 5.27. The normalized spacial score (nSPS) is 12.8. The van der Waals surface area contributed by atoms with E-state index in [1.54, 1.807) is 13.8 Å². The van der Waals surface area contributed by atoms with Crippen LogP contribution in [0.3, 0.4) is 0 Å². The van der Waals surface area contributed by atoms with Crippen LogP contribution >= 0.6 is 0 Å². The Labute approximate surface area is 125 Å². The molecule has 0 aliphatic heterocycles. The summed E-state index contributed by atoms with van der Waals surface area (Å²) >= 11 is 0. The lowest BCUT2D eigenvalue weighted by Gasteiger charge is -2.18. The fourth-order valence-corrected chi connectivity index (χ4v) is 1.62. The van der Waals surface area contributed by atoms with Crippen LogP contribution in [0.15, 0.2) is 24.3 Å². The molecule has 0 aliphatic carbocycles. The first kappa shape index (κ1) is 17.8. The average molecular weight is 319 g/mol. The first-order valence-corrected chi connectivity index (χ1v) is 6.43. The van der Waals surface area contributed by atoms with E-state index < -0.39 is 36.3 Å². The van der Waals surface area contributed by atoms with E-state index in [0.29, 0.717) is 0 Å². The monoisotopic (exact) mass is 319 g/mol. The van der Waals surface area contributed by atoms with Gasteiger partial charge in [-0.2, -0.15) is 13.2 Å². The highest BCUT2D eigenvalue weighted by Crippen LogP contribution is 2.30. The van der Waals surface area contributed by atoms with Gasteiger partial charge in [0.2, 0.25) is 0 Å². The smallest absolute Gasteiger partial charge is 0.416 e. The zero-order valence-electron chi connectivity index (χ0n) is 12.0. The summed E-state index contributed by atoms with van der Waals surface area (Å²) in [7, 11) is 0. The van der Waals surface area contributed by atoms with Gasteiger partial charge in [0.25, 0.3) is 5.91 Å². The molecular formula is C14H16F3NO4. The molecule has 1 atom stereocenters. The van der Waals surface area contributed by atoms with Gasteiger partial charge in [-0.1, -0.05) is 13.8 Å². The lowest BCUT2D eigenvalue weighted by Crippen LogP contribution is -2.46. The highest BCUT2D eigenvalue weighted by Gasteiger charge is 2.30. The van der Waals surface area contributed by atoms with E-state index in [9.17, 15) is 22.8 Å². The van der Waals surface area contributed by atoms with Gasteiger partial charge in [0.1, 0.15) is 11.8 Å². The Hall–Kier alpha value is -2.25. The Morgan fingerprint density at radius 3 is 2.18 bits per heavy atom. The number of halogens is 3. The number of amides is 1. The van der Waals surface area contributed by atoms with Crippen LogP contribution in [-0.4, -0.2) is 29.6 Å². The molecule has 5 nitrogen and oxygen atoms in total. The summed E-state index contributed by atoms with van der Waals surface area (Å²) in [5.74, 6) is -2.06. The van der Waals surface area contributed by atoms with Gasteiger partial charge in [-0.25, -0.2) is 4.79 Å². The zero-order valence-corrected chi connectivity index (χ0v) is 12.0. The molecule has 0 aliphatic rings. The summed E-state index contributed by atoms with van der Waals surface area (Å²) in [6.45, 7) is 2.79. The van der Waals surface area contributed by atoms with E-state index in [1.807, 2.05) is 0 Å². The van der Waals surface area contributed by atoms with Crippen molar-refractivity contribution in [2.24, 2.45) is 5.92 Å². The Morgan fingerprint density at radius 1 is 1.23 bits per heavy atom. The molecule has 1 rings (SSSR count). The van der Waals surface area contributed by atoms with Gasteiger partial charge in [-0.15, -0.1) is 0 Å². The van der Waals surface area contributed by atoms with Gasteiger partial charge in [0.05, 0.1) is 5.56 Å². The standard InChI is InChI=1S/C14H16F3NO4/c1-8(2)12(13(20)21)18-11(19)7-22-10-5-3-9(4-6-10)14(15,16)17/h3-6,8,12H,7H2,1-2H3,(H,18,19)(H,20,21)/t12-/m0/s1. The molecule has 8 heteroatoms. The van der Waals surface area contributed by atoms with Crippen molar-refractivity contribution in [3.63, 3.8) is 0 Å². The number of hydrogen-bond acceptors (Lipinski definition) is 3. The van der Waals surface area contributed by atoms with Crippen LogP contribution < -0.4 is 10.1 Å². The van der Waals surface area contributed by atoms with Gasteiger partial charge in [-0.05, 0) is 30.2 Å². The molecule has 0 saturated heterocycles. The molecule has 122 valence electrons. The van der Waals surface area contributed by atoms with Gasteiger partial charge in [0, 0.05) is 0 Å². The molecule has 0 saturated carbocycles. The van der Waals surface area contributed by atoms with Crippen LogP contribution in [-0.2, 0) is 15.8 Å². The molecule has 1 aromatic rings. The minimum atomic E-state index is -4.44. The van der Waals surface area contributed by atoms with Crippen molar-refractivity contribution in [1.29, 1.82) is 0 Å². The van der Waals surface area contributed by atoms with Crippen LogP contribution in [0, 0.1) is 5.92 Å². The number of carbonyl (C=O) groups is 2. The molecule has 0 aromatic heterocycles. The van der Waals surface area contributed by atoms with E-state index in [1.165, 1.54) is 0 Å². The predicted octanol–water partition coefficient (Wildman–Crippen LogP) is 2.31. The van der Waals surface area contributed by atoms with Crippen molar-refractivity contribution < 1.29 is 32.6 Å². The van der Waals surface area contributed by atoms with E-state index in [-0.39, 0.29) is 11.7 Å². The highest BCUT2D eigenvalue weighted by atomic mass is 19.4. The molecule has 0 heterocycles. The molecule has 0 fully saturated rings. The quantitative estimate of drug-likeness (QED) is 0.844. The minimum absolute atomic E-state index is 0.0829. The Kier molecular flexibility index (Phi) is 5.78. The SMILES string of the molecule is CC(C)[C@H](NC(=O)COc1ccc(C(F)(F)F)cc1)C(=O)O. The Balaban J connectivity index is 2.55. The Morgan fingerprint density at radius 2 is 1.77 bits per heavy atom. The largest absolute Gasteiger partial charge is 0.484 e. The van der Waals surface area contributed by atoms with Crippen molar-refractivity contribution in [2.45, 2.75) is 26.1 Å². The van der Waals surface area contributed by atoms with E-state index in [0.717, 1.165) is 24.3 Å². The lowest BCUT2D eigenvalue weighted by atomic mass is 10.1. The van der Waals surface area contributed by atoms with Crippen molar-refractivity contribution in [3.8, 4) is 5.75 Å². The van der Waals surface area contributed by atoms with Crippen LogP contribution in [0.1, 0.15) is 19.4 Å². The van der Waals surface area contributed by atoms with Crippen molar-refractivity contribution in [2.75, 3.05) is 6.61 Å².